The first-order valence-corrected chi connectivity index (χ1v) is 5.19. The number of benzene rings is 1. The average Bonchev–Trinajstić information content (AvgIpc) is 2.17. The Bertz CT molecular complexity index is 410. The maximum atomic E-state index is 12.8. The summed E-state index contributed by atoms with van der Waals surface area (Å²) in [7, 11) is 0. The standard InChI is InChI=1S/C9H9FO4S.Na/c1-2-14-9(11)7-5-6(10)3-4-8(7)15(12)13;/h3-5H,2H2,1H3,(H,12,13);/q;+1/p-1. The number of ether oxygens (including phenoxy) is 1. The smallest absolute Gasteiger partial charge is 0.768 e. The fourth-order valence-electron chi connectivity index (χ4n) is 1.02. The summed E-state index contributed by atoms with van der Waals surface area (Å²) in [6.45, 7) is 1.67. The summed E-state index contributed by atoms with van der Waals surface area (Å²) in [6, 6.07) is 2.82. The van der Waals surface area contributed by atoms with E-state index in [1.54, 1.807) is 6.92 Å². The van der Waals surface area contributed by atoms with E-state index in [0.717, 1.165) is 18.2 Å². The predicted octanol–water partition coefficient (Wildman–Crippen LogP) is -1.76. The molecule has 0 aliphatic heterocycles. The summed E-state index contributed by atoms with van der Waals surface area (Å²) in [6.07, 6.45) is 0. The molecule has 0 N–H and O–H groups in total. The largest absolute Gasteiger partial charge is 1.00 e. The predicted molar refractivity (Wildman–Crippen MR) is 49.5 cm³/mol. The van der Waals surface area contributed by atoms with Gasteiger partial charge < -0.3 is 9.29 Å². The second-order valence-corrected chi connectivity index (χ2v) is 3.50. The molecule has 0 aliphatic carbocycles. The molecule has 1 unspecified atom stereocenters. The van der Waals surface area contributed by atoms with Gasteiger partial charge in [0.05, 0.1) is 12.2 Å². The topological polar surface area (TPSA) is 66.4 Å². The van der Waals surface area contributed by atoms with Crippen LogP contribution in [0.3, 0.4) is 0 Å². The number of carbonyl (C=O) groups is 1. The number of carbonyl (C=O) groups excluding carboxylic acids is 1. The Morgan fingerprint density at radius 1 is 1.56 bits per heavy atom. The SMILES string of the molecule is CCOC(=O)c1cc(F)ccc1S(=O)[O-].[Na+]. The van der Waals surface area contributed by atoms with Crippen LogP contribution < -0.4 is 29.6 Å². The summed E-state index contributed by atoms with van der Waals surface area (Å²) in [4.78, 5) is 11.0. The Balaban J connectivity index is 0.00000225. The van der Waals surface area contributed by atoms with E-state index < -0.39 is 22.9 Å². The van der Waals surface area contributed by atoms with Crippen LogP contribution in [0.2, 0.25) is 0 Å². The number of hydrogen-bond donors (Lipinski definition) is 0. The van der Waals surface area contributed by atoms with E-state index in [-0.39, 0.29) is 46.6 Å². The van der Waals surface area contributed by atoms with E-state index >= 15 is 0 Å². The molecule has 0 saturated carbocycles. The molecule has 0 fully saturated rings. The monoisotopic (exact) mass is 254 g/mol. The summed E-state index contributed by atoms with van der Waals surface area (Å²) in [5, 5.41) is 0. The third kappa shape index (κ3) is 3.95. The van der Waals surface area contributed by atoms with Crippen molar-refractivity contribution in [1.29, 1.82) is 0 Å². The molecule has 4 nitrogen and oxygen atoms in total. The van der Waals surface area contributed by atoms with Crippen LogP contribution in [0.25, 0.3) is 0 Å². The molecule has 1 aromatic carbocycles. The zero-order valence-corrected chi connectivity index (χ0v) is 11.7. The Morgan fingerprint density at radius 3 is 2.69 bits per heavy atom. The van der Waals surface area contributed by atoms with Crippen molar-refractivity contribution >= 4 is 17.0 Å². The van der Waals surface area contributed by atoms with Gasteiger partial charge in [0.2, 0.25) is 0 Å². The van der Waals surface area contributed by atoms with Crippen molar-refractivity contribution in [2.75, 3.05) is 6.61 Å². The third-order valence-electron chi connectivity index (χ3n) is 1.62. The Labute approximate surface area is 117 Å². The second kappa shape index (κ2) is 7.13. The quantitative estimate of drug-likeness (QED) is 0.364. The molecule has 7 heteroatoms. The molecule has 82 valence electrons. The maximum absolute atomic E-state index is 12.8. The average molecular weight is 254 g/mol. The van der Waals surface area contributed by atoms with Crippen LogP contribution in [0.1, 0.15) is 17.3 Å². The molecule has 0 bridgehead atoms. The molecule has 1 rings (SSSR count). The van der Waals surface area contributed by atoms with Crippen molar-refractivity contribution < 1.29 is 52.2 Å². The van der Waals surface area contributed by atoms with Crippen LogP contribution in [0, 0.1) is 5.82 Å². The molecule has 0 aliphatic rings. The van der Waals surface area contributed by atoms with E-state index in [9.17, 15) is 17.9 Å². The molecule has 1 aromatic rings. The minimum atomic E-state index is -2.59. The van der Waals surface area contributed by atoms with Crippen molar-refractivity contribution in [3.8, 4) is 0 Å². The fourth-order valence-corrected chi connectivity index (χ4v) is 1.52. The van der Waals surface area contributed by atoms with E-state index in [4.69, 9.17) is 0 Å². The number of rotatable bonds is 3. The molecule has 0 spiro atoms. The normalized spacial score (nSPS) is 11.4. The summed E-state index contributed by atoms with van der Waals surface area (Å²) < 4.78 is 38.8. The molecule has 16 heavy (non-hydrogen) atoms. The van der Waals surface area contributed by atoms with Gasteiger partial charge in [-0.2, -0.15) is 0 Å². The number of esters is 1. The molecular weight excluding hydrogens is 246 g/mol. The van der Waals surface area contributed by atoms with Gasteiger partial charge in [-0.05, 0) is 36.2 Å². The second-order valence-electron chi connectivity index (χ2n) is 2.60. The van der Waals surface area contributed by atoms with Gasteiger partial charge in [0, 0.05) is 4.90 Å². The van der Waals surface area contributed by atoms with Gasteiger partial charge in [0.25, 0.3) is 0 Å². The molecular formula is C9H8FNaO4S. The minimum Gasteiger partial charge on any atom is -0.768 e. The zero-order chi connectivity index (χ0) is 11.4. The van der Waals surface area contributed by atoms with Crippen LogP contribution >= 0.6 is 0 Å². The third-order valence-corrected chi connectivity index (χ3v) is 2.33. The molecule has 0 radical (unpaired) electrons. The zero-order valence-electron chi connectivity index (χ0n) is 8.86. The number of hydrogen-bond acceptors (Lipinski definition) is 4. The molecule has 0 saturated heterocycles. The van der Waals surface area contributed by atoms with Crippen LogP contribution in [-0.2, 0) is 15.8 Å². The summed E-state index contributed by atoms with van der Waals surface area (Å²) >= 11 is -2.59. The van der Waals surface area contributed by atoms with Crippen molar-refractivity contribution in [3.05, 3.63) is 29.6 Å². The van der Waals surface area contributed by atoms with Crippen LogP contribution in [0.5, 0.6) is 0 Å². The van der Waals surface area contributed by atoms with Crippen molar-refractivity contribution in [1.82, 2.24) is 0 Å². The summed E-state index contributed by atoms with van der Waals surface area (Å²) in [5.74, 6) is -1.54. The molecule has 0 amide bonds. The first kappa shape index (κ1) is 15.7. The van der Waals surface area contributed by atoms with Gasteiger partial charge in [0.15, 0.2) is 0 Å². The van der Waals surface area contributed by atoms with Crippen LogP contribution in [0.15, 0.2) is 23.1 Å². The first-order valence-electron chi connectivity index (χ1n) is 4.12. The van der Waals surface area contributed by atoms with Crippen molar-refractivity contribution in [3.63, 3.8) is 0 Å². The van der Waals surface area contributed by atoms with Crippen molar-refractivity contribution in [2.45, 2.75) is 11.8 Å². The first-order chi connectivity index (χ1) is 7.06. The van der Waals surface area contributed by atoms with Crippen LogP contribution in [-0.4, -0.2) is 21.3 Å². The van der Waals surface area contributed by atoms with E-state index in [2.05, 4.69) is 4.74 Å². The van der Waals surface area contributed by atoms with Gasteiger partial charge in [-0.15, -0.1) is 0 Å². The molecule has 0 aromatic heterocycles. The van der Waals surface area contributed by atoms with Gasteiger partial charge >= 0.3 is 35.5 Å². The fraction of sp³-hybridized carbons (Fsp3) is 0.222. The van der Waals surface area contributed by atoms with Gasteiger partial charge in [-0.1, -0.05) is 0 Å². The van der Waals surface area contributed by atoms with Crippen LogP contribution in [0.4, 0.5) is 4.39 Å². The van der Waals surface area contributed by atoms with Crippen molar-refractivity contribution in [2.24, 2.45) is 0 Å². The Kier molecular flexibility index (Phi) is 7.01. The van der Waals surface area contributed by atoms with E-state index in [1.165, 1.54) is 0 Å². The van der Waals surface area contributed by atoms with Gasteiger partial charge in [-0.3, -0.25) is 4.21 Å². The Morgan fingerprint density at radius 2 is 2.19 bits per heavy atom. The molecule has 1 atom stereocenters. The summed E-state index contributed by atoms with van der Waals surface area (Å²) in [5.41, 5.74) is -0.287. The maximum Gasteiger partial charge on any atom is 1.00 e. The minimum absolute atomic E-state index is 0. The van der Waals surface area contributed by atoms with Gasteiger partial charge in [-0.25, -0.2) is 9.18 Å². The van der Waals surface area contributed by atoms with E-state index in [0.29, 0.717) is 0 Å². The van der Waals surface area contributed by atoms with E-state index in [1.807, 2.05) is 0 Å². The Hall–Kier alpha value is -0.270. The number of halogens is 1. The molecule has 0 heterocycles. The van der Waals surface area contributed by atoms with Gasteiger partial charge in [0.1, 0.15) is 5.82 Å².